The van der Waals surface area contributed by atoms with E-state index in [4.69, 9.17) is 5.73 Å². The van der Waals surface area contributed by atoms with Gasteiger partial charge in [-0.05, 0) is 23.6 Å². The minimum absolute atomic E-state index is 0.0857. The van der Waals surface area contributed by atoms with E-state index in [2.05, 4.69) is 17.1 Å². The van der Waals surface area contributed by atoms with Crippen LogP contribution in [-0.2, 0) is 0 Å². The number of thiophene rings is 1. The molecule has 0 bridgehead atoms. The molecule has 0 saturated carbocycles. The molecule has 1 unspecified atom stereocenters. The van der Waals surface area contributed by atoms with Crippen LogP contribution in [0.3, 0.4) is 0 Å². The van der Waals surface area contributed by atoms with Crippen molar-refractivity contribution in [1.29, 1.82) is 0 Å². The smallest absolute Gasteiger partial charge is 0.116 e. The van der Waals surface area contributed by atoms with Crippen LogP contribution in [0.5, 0.6) is 0 Å². The molecule has 3 aromatic rings. The lowest BCUT2D eigenvalue weighted by atomic mass is 10.3. The zero-order valence-corrected chi connectivity index (χ0v) is 10.1. The van der Waals surface area contributed by atoms with Gasteiger partial charge in [-0.15, -0.1) is 22.7 Å². The predicted octanol–water partition coefficient (Wildman–Crippen LogP) is 3.41. The molecule has 3 rings (SSSR count). The molecule has 16 heavy (non-hydrogen) atoms. The molecular weight excluding hydrogens is 236 g/mol. The van der Waals surface area contributed by atoms with Crippen LogP contribution in [0.25, 0.3) is 10.2 Å². The summed E-state index contributed by atoms with van der Waals surface area (Å²) < 4.78 is 1.20. The Morgan fingerprint density at radius 2 is 2.00 bits per heavy atom. The molecule has 0 aliphatic heterocycles. The van der Waals surface area contributed by atoms with Gasteiger partial charge in [-0.2, -0.15) is 0 Å². The summed E-state index contributed by atoms with van der Waals surface area (Å²) in [6.07, 6.45) is 0. The Labute approximate surface area is 101 Å². The molecule has 0 aliphatic carbocycles. The lowest BCUT2D eigenvalue weighted by Crippen LogP contribution is -2.09. The van der Waals surface area contributed by atoms with Crippen LogP contribution < -0.4 is 5.73 Å². The highest BCUT2D eigenvalue weighted by atomic mass is 32.1. The molecule has 1 aromatic carbocycles. The second kappa shape index (κ2) is 3.97. The molecule has 2 nitrogen and oxygen atoms in total. The van der Waals surface area contributed by atoms with E-state index in [0.717, 1.165) is 10.5 Å². The molecule has 0 aliphatic rings. The monoisotopic (exact) mass is 246 g/mol. The summed E-state index contributed by atoms with van der Waals surface area (Å²) in [6, 6.07) is 12.1. The molecular formula is C12H10N2S2. The van der Waals surface area contributed by atoms with Crippen molar-refractivity contribution in [3.05, 3.63) is 51.7 Å². The van der Waals surface area contributed by atoms with Crippen molar-refractivity contribution in [1.82, 2.24) is 4.98 Å². The number of para-hydroxylation sites is 1. The van der Waals surface area contributed by atoms with Crippen molar-refractivity contribution in [3.63, 3.8) is 0 Å². The van der Waals surface area contributed by atoms with Crippen molar-refractivity contribution in [2.75, 3.05) is 0 Å². The fourth-order valence-electron chi connectivity index (χ4n) is 1.61. The van der Waals surface area contributed by atoms with E-state index < -0.39 is 0 Å². The first-order valence-corrected chi connectivity index (χ1v) is 6.68. The van der Waals surface area contributed by atoms with E-state index in [9.17, 15) is 0 Å². The standard InChI is InChI=1S/C12H10N2S2/c13-11(10-6-3-7-15-10)12-14-8-4-1-2-5-9(8)16-12/h1-7,11H,13H2. The fourth-order valence-corrected chi connectivity index (χ4v) is 3.41. The number of rotatable bonds is 2. The summed E-state index contributed by atoms with van der Waals surface area (Å²) in [7, 11) is 0. The van der Waals surface area contributed by atoms with Crippen LogP contribution in [-0.4, -0.2) is 4.98 Å². The minimum atomic E-state index is -0.0857. The first-order valence-electron chi connectivity index (χ1n) is 4.99. The quantitative estimate of drug-likeness (QED) is 0.752. The van der Waals surface area contributed by atoms with Crippen LogP contribution in [0.4, 0.5) is 0 Å². The largest absolute Gasteiger partial charge is 0.318 e. The van der Waals surface area contributed by atoms with Gasteiger partial charge in [0, 0.05) is 4.88 Å². The van der Waals surface area contributed by atoms with Crippen molar-refractivity contribution in [3.8, 4) is 0 Å². The Bertz CT molecular complexity index is 565. The molecule has 0 amide bonds. The molecule has 0 spiro atoms. The molecule has 2 aromatic heterocycles. The number of nitrogens with two attached hydrogens (primary N) is 1. The maximum absolute atomic E-state index is 6.18. The van der Waals surface area contributed by atoms with Crippen LogP contribution in [0.15, 0.2) is 41.8 Å². The second-order valence-electron chi connectivity index (χ2n) is 3.51. The number of aromatic nitrogens is 1. The van der Waals surface area contributed by atoms with E-state index >= 15 is 0 Å². The number of benzene rings is 1. The summed E-state index contributed by atoms with van der Waals surface area (Å²) in [4.78, 5) is 5.73. The van der Waals surface area contributed by atoms with Gasteiger partial charge in [-0.1, -0.05) is 18.2 Å². The van der Waals surface area contributed by atoms with Gasteiger partial charge in [0.05, 0.1) is 16.3 Å². The average molecular weight is 246 g/mol. The zero-order chi connectivity index (χ0) is 11.0. The van der Waals surface area contributed by atoms with Crippen molar-refractivity contribution in [2.45, 2.75) is 6.04 Å². The maximum atomic E-state index is 6.18. The van der Waals surface area contributed by atoms with Gasteiger partial charge < -0.3 is 5.73 Å². The molecule has 2 N–H and O–H groups in total. The van der Waals surface area contributed by atoms with Crippen LogP contribution in [0, 0.1) is 0 Å². The topological polar surface area (TPSA) is 38.9 Å². The maximum Gasteiger partial charge on any atom is 0.116 e. The van der Waals surface area contributed by atoms with Crippen LogP contribution in [0.2, 0.25) is 0 Å². The Morgan fingerprint density at radius 3 is 2.75 bits per heavy atom. The highest BCUT2D eigenvalue weighted by Gasteiger charge is 2.14. The van der Waals surface area contributed by atoms with Gasteiger partial charge in [-0.25, -0.2) is 4.98 Å². The average Bonchev–Trinajstić information content (AvgIpc) is 2.97. The summed E-state index contributed by atoms with van der Waals surface area (Å²) in [5, 5.41) is 3.03. The number of nitrogens with zero attached hydrogens (tertiary/aromatic N) is 1. The third-order valence-corrected chi connectivity index (χ3v) is 4.50. The zero-order valence-electron chi connectivity index (χ0n) is 8.46. The molecule has 0 fully saturated rings. The molecule has 80 valence electrons. The molecule has 0 saturated heterocycles. The van der Waals surface area contributed by atoms with Gasteiger partial charge in [0.15, 0.2) is 0 Å². The highest BCUT2D eigenvalue weighted by Crippen LogP contribution is 2.30. The van der Waals surface area contributed by atoms with Crippen molar-refractivity contribution >= 4 is 32.9 Å². The lowest BCUT2D eigenvalue weighted by Gasteiger charge is -2.03. The summed E-state index contributed by atoms with van der Waals surface area (Å²) in [5.74, 6) is 0. The van der Waals surface area contributed by atoms with Crippen LogP contribution >= 0.6 is 22.7 Å². The summed E-state index contributed by atoms with van der Waals surface area (Å²) in [6.45, 7) is 0. The Hall–Kier alpha value is -1.23. The number of hydrogen-bond donors (Lipinski definition) is 1. The Kier molecular flexibility index (Phi) is 2.47. The first-order chi connectivity index (χ1) is 7.84. The number of hydrogen-bond acceptors (Lipinski definition) is 4. The third-order valence-electron chi connectivity index (χ3n) is 2.43. The first kappa shape index (κ1) is 9.96. The van der Waals surface area contributed by atoms with Gasteiger partial charge >= 0.3 is 0 Å². The van der Waals surface area contributed by atoms with Crippen molar-refractivity contribution < 1.29 is 0 Å². The number of thiazole rings is 1. The summed E-state index contributed by atoms with van der Waals surface area (Å²) in [5.41, 5.74) is 7.22. The van der Waals surface area contributed by atoms with Gasteiger partial charge in [0.2, 0.25) is 0 Å². The van der Waals surface area contributed by atoms with Gasteiger partial charge in [0.25, 0.3) is 0 Å². The van der Waals surface area contributed by atoms with Crippen molar-refractivity contribution in [2.24, 2.45) is 5.73 Å². The number of fused-ring (bicyclic) bond motifs is 1. The summed E-state index contributed by atoms with van der Waals surface area (Å²) >= 11 is 3.35. The molecule has 2 heterocycles. The van der Waals surface area contributed by atoms with E-state index in [1.54, 1.807) is 22.7 Å². The van der Waals surface area contributed by atoms with Gasteiger partial charge in [-0.3, -0.25) is 0 Å². The SMILES string of the molecule is NC(c1cccs1)c1nc2ccccc2s1. The third kappa shape index (κ3) is 1.65. The van der Waals surface area contributed by atoms with E-state index in [1.807, 2.05) is 29.6 Å². The molecule has 0 radical (unpaired) electrons. The normalized spacial score (nSPS) is 13.1. The van der Waals surface area contributed by atoms with Crippen LogP contribution in [0.1, 0.15) is 15.9 Å². The highest BCUT2D eigenvalue weighted by molar-refractivity contribution is 7.18. The molecule has 1 atom stereocenters. The van der Waals surface area contributed by atoms with E-state index in [1.165, 1.54) is 9.58 Å². The Morgan fingerprint density at radius 1 is 1.12 bits per heavy atom. The van der Waals surface area contributed by atoms with E-state index in [-0.39, 0.29) is 6.04 Å². The molecule has 4 heteroatoms. The minimum Gasteiger partial charge on any atom is -0.318 e. The van der Waals surface area contributed by atoms with E-state index in [0.29, 0.717) is 0 Å². The predicted molar refractivity (Wildman–Crippen MR) is 70.0 cm³/mol. The lowest BCUT2D eigenvalue weighted by molar-refractivity contribution is 0.883. The Balaban J connectivity index is 2.06. The fraction of sp³-hybridized carbons (Fsp3) is 0.0833. The second-order valence-corrected chi connectivity index (χ2v) is 5.55. The van der Waals surface area contributed by atoms with Gasteiger partial charge in [0.1, 0.15) is 5.01 Å².